The number of hydrogen-bond donors (Lipinski definition) is 1. The van der Waals surface area contributed by atoms with Gasteiger partial charge >= 0.3 is 0 Å². The maximum atomic E-state index is 5.64. The number of hydrogen-bond acceptors (Lipinski definition) is 6. The first kappa shape index (κ1) is 19.8. The van der Waals surface area contributed by atoms with Crippen LogP contribution in [0.4, 0.5) is 0 Å². The molecule has 3 aromatic rings. The van der Waals surface area contributed by atoms with Crippen LogP contribution in [-0.4, -0.2) is 23.4 Å². The summed E-state index contributed by atoms with van der Waals surface area (Å²) in [6, 6.07) is 13.3. The van der Waals surface area contributed by atoms with Crippen molar-refractivity contribution in [2.75, 3.05) is 13.2 Å². The van der Waals surface area contributed by atoms with Crippen LogP contribution in [0.3, 0.4) is 0 Å². The van der Waals surface area contributed by atoms with Crippen LogP contribution in [0.25, 0.3) is 22.8 Å². The van der Waals surface area contributed by atoms with Crippen LogP contribution in [0, 0.1) is 0 Å². The Kier molecular flexibility index (Phi) is 7.00. The molecule has 0 aliphatic rings. The smallest absolute Gasteiger partial charge is 0.258 e. The fourth-order valence-corrected chi connectivity index (χ4v) is 2.43. The molecule has 3 rings (SSSR count). The molecule has 2 N–H and O–H groups in total. The standard InChI is InChI=1S/C19H21N3O3.ClH/c1-3-23-16-10-9-15(11-17(16)24-4-2)19-21-18(22-25-19)14-7-5-13(12-20)6-8-14;/h5-11H,3-4,12,20H2,1-2H3;1H. The number of benzene rings is 2. The summed E-state index contributed by atoms with van der Waals surface area (Å²) < 4.78 is 16.6. The van der Waals surface area contributed by atoms with E-state index < -0.39 is 0 Å². The molecule has 0 radical (unpaired) electrons. The second-order valence-corrected chi connectivity index (χ2v) is 5.35. The highest BCUT2D eigenvalue weighted by atomic mass is 35.5. The fourth-order valence-electron chi connectivity index (χ4n) is 2.43. The molecule has 0 aliphatic heterocycles. The van der Waals surface area contributed by atoms with E-state index in [2.05, 4.69) is 10.1 Å². The molecule has 0 atom stereocenters. The van der Waals surface area contributed by atoms with Crippen LogP contribution < -0.4 is 15.2 Å². The van der Waals surface area contributed by atoms with Crippen LogP contribution >= 0.6 is 12.4 Å². The van der Waals surface area contributed by atoms with Gasteiger partial charge in [0, 0.05) is 17.7 Å². The summed E-state index contributed by atoms with van der Waals surface area (Å²) >= 11 is 0. The van der Waals surface area contributed by atoms with E-state index in [1.807, 2.05) is 56.3 Å². The van der Waals surface area contributed by atoms with Crippen LogP contribution in [0.15, 0.2) is 47.0 Å². The minimum Gasteiger partial charge on any atom is -0.490 e. The van der Waals surface area contributed by atoms with Crippen molar-refractivity contribution in [2.24, 2.45) is 5.73 Å². The first-order valence-corrected chi connectivity index (χ1v) is 8.28. The monoisotopic (exact) mass is 375 g/mol. The highest BCUT2D eigenvalue weighted by molar-refractivity contribution is 5.85. The van der Waals surface area contributed by atoms with Gasteiger partial charge in [-0.25, -0.2) is 0 Å². The minimum absolute atomic E-state index is 0. The lowest BCUT2D eigenvalue weighted by atomic mass is 10.1. The fraction of sp³-hybridized carbons (Fsp3) is 0.263. The molecule has 6 nitrogen and oxygen atoms in total. The van der Waals surface area contributed by atoms with E-state index in [4.69, 9.17) is 19.7 Å². The van der Waals surface area contributed by atoms with Gasteiger partial charge in [0.25, 0.3) is 5.89 Å². The van der Waals surface area contributed by atoms with Crippen molar-refractivity contribution in [3.8, 4) is 34.3 Å². The summed E-state index contributed by atoms with van der Waals surface area (Å²) in [6.07, 6.45) is 0. The molecule has 26 heavy (non-hydrogen) atoms. The normalized spacial score (nSPS) is 10.3. The van der Waals surface area contributed by atoms with E-state index >= 15 is 0 Å². The summed E-state index contributed by atoms with van der Waals surface area (Å²) in [4.78, 5) is 4.48. The summed E-state index contributed by atoms with van der Waals surface area (Å²) in [5, 5.41) is 4.06. The lowest BCUT2D eigenvalue weighted by molar-refractivity contribution is 0.288. The molecule has 138 valence electrons. The largest absolute Gasteiger partial charge is 0.490 e. The van der Waals surface area contributed by atoms with E-state index in [-0.39, 0.29) is 12.4 Å². The zero-order valence-corrected chi connectivity index (χ0v) is 15.6. The Labute approximate surface area is 158 Å². The lowest BCUT2D eigenvalue weighted by Gasteiger charge is -2.11. The molecular weight excluding hydrogens is 354 g/mol. The third-order valence-corrected chi connectivity index (χ3v) is 3.66. The van der Waals surface area contributed by atoms with E-state index in [0.717, 1.165) is 16.7 Å². The summed E-state index contributed by atoms with van der Waals surface area (Å²) in [5.74, 6) is 2.33. The molecule has 0 fully saturated rings. The highest BCUT2D eigenvalue weighted by Crippen LogP contribution is 2.33. The van der Waals surface area contributed by atoms with Gasteiger partial charge in [-0.1, -0.05) is 29.4 Å². The molecule has 1 heterocycles. The third-order valence-electron chi connectivity index (χ3n) is 3.66. The Morgan fingerprint density at radius 3 is 2.23 bits per heavy atom. The second-order valence-electron chi connectivity index (χ2n) is 5.35. The SMILES string of the molecule is CCOc1ccc(-c2nc(-c3ccc(CN)cc3)no2)cc1OCC.Cl. The lowest BCUT2D eigenvalue weighted by Crippen LogP contribution is -1.98. The Balaban J connectivity index is 0.00000243. The predicted molar refractivity (Wildman–Crippen MR) is 103 cm³/mol. The van der Waals surface area contributed by atoms with Crippen LogP contribution in [-0.2, 0) is 6.54 Å². The van der Waals surface area contributed by atoms with Gasteiger partial charge in [-0.3, -0.25) is 0 Å². The first-order valence-electron chi connectivity index (χ1n) is 8.28. The Hall–Kier alpha value is -2.57. The van der Waals surface area contributed by atoms with Crippen LogP contribution in [0.1, 0.15) is 19.4 Å². The van der Waals surface area contributed by atoms with Gasteiger partial charge in [-0.05, 0) is 37.6 Å². The molecule has 2 aromatic carbocycles. The summed E-state index contributed by atoms with van der Waals surface area (Å²) in [5.41, 5.74) is 8.33. The molecular formula is C19H22ClN3O3. The molecule has 0 aliphatic carbocycles. The van der Waals surface area contributed by atoms with Crippen LogP contribution in [0.2, 0.25) is 0 Å². The van der Waals surface area contributed by atoms with Crippen LogP contribution in [0.5, 0.6) is 11.5 Å². The van der Waals surface area contributed by atoms with Crippen molar-refractivity contribution in [3.63, 3.8) is 0 Å². The number of nitrogens with two attached hydrogens (primary N) is 1. The maximum absolute atomic E-state index is 5.64. The van der Waals surface area contributed by atoms with Crippen molar-refractivity contribution < 1.29 is 14.0 Å². The van der Waals surface area contributed by atoms with Gasteiger partial charge in [0.1, 0.15) is 0 Å². The molecule has 0 unspecified atom stereocenters. The average Bonchev–Trinajstić information content (AvgIpc) is 3.14. The van der Waals surface area contributed by atoms with Crippen molar-refractivity contribution in [2.45, 2.75) is 20.4 Å². The summed E-state index contributed by atoms with van der Waals surface area (Å²) in [7, 11) is 0. The zero-order chi connectivity index (χ0) is 17.6. The molecule has 0 saturated carbocycles. The Morgan fingerprint density at radius 2 is 1.58 bits per heavy atom. The van der Waals surface area contributed by atoms with Gasteiger partial charge in [-0.15, -0.1) is 12.4 Å². The quantitative estimate of drug-likeness (QED) is 0.669. The average molecular weight is 376 g/mol. The van der Waals surface area contributed by atoms with Gasteiger partial charge < -0.3 is 19.7 Å². The first-order chi connectivity index (χ1) is 12.2. The molecule has 0 saturated heterocycles. The van der Waals surface area contributed by atoms with Crippen molar-refractivity contribution >= 4 is 12.4 Å². The van der Waals surface area contributed by atoms with Gasteiger partial charge in [-0.2, -0.15) is 4.98 Å². The molecule has 0 amide bonds. The topological polar surface area (TPSA) is 83.4 Å². The van der Waals surface area contributed by atoms with Gasteiger partial charge in [0.05, 0.1) is 13.2 Å². The molecule has 0 spiro atoms. The number of rotatable bonds is 7. The predicted octanol–water partition coefficient (Wildman–Crippen LogP) is 4.08. The zero-order valence-electron chi connectivity index (χ0n) is 14.8. The van der Waals surface area contributed by atoms with Gasteiger partial charge in [0.15, 0.2) is 11.5 Å². The summed E-state index contributed by atoms with van der Waals surface area (Å²) in [6.45, 7) is 5.49. The highest BCUT2D eigenvalue weighted by Gasteiger charge is 2.14. The molecule has 7 heteroatoms. The number of ether oxygens (including phenoxy) is 2. The van der Waals surface area contributed by atoms with Gasteiger partial charge in [0.2, 0.25) is 5.82 Å². The minimum atomic E-state index is 0. The van der Waals surface area contributed by atoms with E-state index in [1.54, 1.807) is 0 Å². The van der Waals surface area contributed by atoms with Crippen molar-refractivity contribution in [1.82, 2.24) is 10.1 Å². The van der Waals surface area contributed by atoms with E-state index in [1.165, 1.54) is 0 Å². The number of aromatic nitrogens is 2. The van der Waals surface area contributed by atoms with Crippen molar-refractivity contribution in [3.05, 3.63) is 48.0 Å². The molecule has 1 aromatic heterocycles. The molecule has 0 bridgehead atoms. The Morgan fingerprint density at radius 1 is 0.923 bits per heavy atom. The maximum Gasteiger partial charge on any atom is 0.258 e. The third kappa shape index (κ3) is 4.33. The second kappa shape index (κ2) is 9.22. The Bertz CT molecular complexity index is 834. The van der Waals surface area contributed by atoms with Crippen molar-refractivity contribution in [1.29, 1.82) is 0 Å². The van der Waals surface area contributed by atoms with E-state index in [0.29, 0.717) is 43.0 Å². The number of halogens is 1. The number of nitrogens with zero attached hydrogens (tertiary/aromatic N) is 2. The van der Waals surface area contributed by atoms with E-state index in [9.17, 15) is 0 Å².